The summed E-state index contributed by atoms with van der Waals surface area (Å²) in [4.78, 5) is 0. The molecule has 2 aromatic carbocycles. The molecule has 1 aliphatic heterocycles. The van der Waals surface area contributed by atoms with Crippen molar-refractivity contribution < 1.29 is 18.6 Å². The number of rotatable bonds is 3. The molecule has 0 saturated carbocycles. The van der Waals surface area contributed by atoms with Gasteiger partial charge >= 0.3 is 0 Å². The van der Waals surface area contributed by atoms with Gasteiger partial charge in [-0.05, 0) is 30.3 Å². The maximum Gasteiger partial charge on any atom is 0.231 e. The van der Waals surface area contributed by atoms with Gasteiger partial charge in [-0.2, -0.15) is 5.26 Å². The lowest BCUT2D eigenvalue weighted by Gasteiger charge is -2.08. The maximum absolute atomic E-state index is 13.6. The van der Waals surface area contributed by atoms with E-state index in [0.717, 1.165) is 0 Å². The van der Waals surface area contributed by atoms with Crippen molar-refractivity contribution in [1.29, 1.82) is 5.26 Å². The summed E-state index contributed by atoms with van der Waals surface area (Å²) in [6.45, 7) is 0.235. The first kappa shape index (κ1) is 12.3. The van der Waals surface area contributed by atoms with Gasteiger partial charge in [0.15, 0.2) is 11.5 Å². The Kier molecular flexibility index (Phi) is 3.13. The second-order valence-electron chi connectivity index (χ2n) is 4.22. The molecule has 0 amide bonds. The Balaban J connectivity index is 1.75. The summed E-state index contributed by atoms with van der Waals surface area (Å²) in [7, 11) is 0. The molecule has 20 heavy (non-hydrogen) atoms. The molecule has 0 bridgehead atoms. The van der Waals surface area contributed by atoms with Crippen molar-refractivity contribution in [2.45, 2.75) is 6.61 Å². The van der Waals surface area contributed by atoms with Crippen molar-refractivity contribution in [2.24, 2.45) is 0 Å². The highest BCUT2D eigenvalue weighted by Gasteiger charge is 2.14. The average Bonchev–Trinajstić information content (AvgIpc) is 2.94. The highest BCUT2D eigenvalue weighted by Crippen LogP contribution is 2.35. The van der Waals surface area contributed by atoms with Crippen LogP contribution in [0, 0.1) is 17.1 Å². The van der Waals surface area contributed by atoms with Gasteiger partial charge in [0.1, 0.15) is 18.2 Å². The molecule has 0 N–H and O–H groups in total. The van der Waals surface area contributed by atoms with Gasteiger partial charge < -0.3 is 14.2 Å². The van der Waals surface area contributed by atoms with E-state index < -0.39 is 5.82 Å². The molecule has 100 valence electrons. The Bertz CT molecular complexity index is 694. The standard InChI is InChI=1S/C15H10FNO3/c16-13-3-1-10(7-17)5-11(13)8-18-12-2-4-14-15(6-12)20-9-19-14/h1-6H,8-9H2. The molecule has 0 aliphatic carbocycles. The zero-order chi connectivity index (χ0) is 13.9. The fourth-order valence-corrected chi connectivity index (χ4v) is 1.88. The third-order valence-corrected chi connectivity index (χ3v) is 2.91. The largest absolute Gasteiger partial charge is 0.489 e. The van der Waals surface area contributed by atoms with Crippen LogP contribution in [0.4, 0.5) is 4.39 Å². The fourth-order valence-electron chi connectivity index (χ4n) is 1.88. The van der Waals surface area contributed by atoms with Gasteiger partial charge in [-0.25, -0.2) is 4.39 Å². The van der Waals surface area contributed by atoms with Gasteiger partial charge in [-0.15, -0.1) is 0 Å². The molecule has 5 heteroatoms. The molecule has 0 fully saturated rings. The molecule has 3 rings (SSSR count). The van der Waals surface area contributed by atoms with Crippen LogP contribution in [-0.4, -0.2) is 6.79 Å². The van der Waals surface area contributed by atoms with Crippen molar-refractivity contribution in [3.63, 3.8) is 0 Å². The second-order valence-corrected chi connectivity index (χ2v) is 4.22. The molecule has 0 spiro atoms. The van der Waals surface area contributed by atoms with Gasteiger partial charge in [0, 0.05) is 11.6 Å². The van der Waals surface area contributed by atoms with E-state index in [4.69, 9.17) is 19.5 Å². The predicted molar refractivity (Wildman–Crippen MR) is 68.0 cm³/mol. The summed E-state index contributed by atoms with van der Waals surface area (Å²) in [5.74, 6) is 1.42. The molecule has 0 radical (unpaired) electrons. The Morgan fingerprint density at radius 3 is 2.85 bits per heavy atom. The van der Waals surface area contributed by atoms with Crippen LogP contribution in [0.1, 0.15) is 11.1 Å². The lowest BCUT2D eigenvalue weighted by molar-refractivity contribution is 0.173. The van der Waals surface area contributed by atoms with Gasteiger partial charge in [-0.3, -0.25) is 0 Å². The van der Waals surface area contributed by atoms with Crippen LogP contribution in [0.2, 0.25) is 0 Å². The van der Waals surface area contributed by atoms with Crippen molar-refractivity contribution >= 4 is 0 Å². The Morgan fingerprint density at radius 1 is 1.15 bits per heavy atom. The summed E-state index contributed by atoms with van der Waals surface area (Å²) in [6, 6.07) is 11.3. The quantitative estimate of drug-likeness (QED) is 0.861. The van der Waals surface area contributed by atoms with Crippen LogP contribution in [0.25, 0.3) is 0 Å². The summed E-state index contributed by atoms with van der Waals surface area (Å²) in [6.07, 6.45) is 0. The molecule has 0 atom stereocenters. The monoisotopic (exact) mass is 271 g/mol. The first-order chi connectivity index (χ1) is 9.76. The Labute approximate surface area is 114 Å². The first-order valence-electron chi connectivity index (χ1n) is 5.97. The zero-order valence-electron chi connectivity index (χ0n) is 10.4. The van der Waals surface area contributed by atoms with Crippen LogP contribution >= 0.6 is 0 Å². The molecular formula is C15H10FNO3. The van der Waals surface area contributed by atoms with E-state index in [1.54, 1.807) is 18.2 Å². The Morgan fingerprint density at radius 2 is 2.00 bits per heavy atom. The molecule has 2 aromatic rings. The number of hydrogen-bond donors (Lipinski definition) is 0. The minimum Gasteiger partial charge on any atom is -0.489 e. The summed E-state index contributed by atoms with van der Waals surface area (Å²) < 4.78 is 29.5. The number of hydrogen-bond acceptors (Lipinski definition) is 4. The second kappa shape index (κ2) is 5.10. The van der Waals surface area contributed by atoms with Crippen molar-refractivity contribution in [2.75, 3.05) is 6.79 Å². The summed E-state index contributed by atoms with van der Waals surface area (Å²) >= 11 is 0. The van der Waals surface area contributed by atoms with Crippen molar-refractivity contribution in [1.82, 2.24) is 0 Å². The van der Waals surface area contributed by atoms with Crippen molar-refractivity contribution in [3.05, 3.63) is 53.3 Å². The van der Waals surface area contributed by atoms with E-state index in [-0.39, 0.29) is 13.4 Å². The molecule has 0 aromatic heterocycles. The number of benzene rings is 2. The third kappa shape index (κ3) is 2.36. The number of ether oxygens (including phenoxy) is 3. The average molecular weight is 271 g/mol. The summed E-state index contributed by atoms with van der Waals surface area (Å²) in [5.41, 5.74) is 0.734. The van der Waals surface area contributed by atoms with Gasteiger partial charge in [-0.1, -0.05) is 0 Å². The van der Waals surface area contributed by atoms with E-state index in [2.05, 4.69) is 0 Å². The highest BCUT2D eigenvalue weighted by molar-refractivity contribution is 5.47. The normalized spacial score (nSPS) is 12.0. The zero-order valence-corrected chi connectivity index (χ0v) is 10.4. The molecule has 0 saturated heterocycles. The van der Waals surface area contributed by atoms with Crippen molar-refractivity contribution in [3.8, 4) is 23.3 Å². The van der Waals surface area contributed by atoms with Gasteiger partial charge in [0.05, 0.1) is 11.6 Å². The van der Waals surface area contributed by atoms with E-state index in [1.807, 2.05) is 6.07 Å². The smallest absolute Gasteiger partial charge is 0.231 e. The topological polar surface area (TPSA) is 51.5 Å². The Hall–Kier alpha value is -2.74. The van der Waals surface area contributed by atoms with Crippen LogP contribution in [0.3, 0.4) is 0 Å². The molecule has 1 heterocycles. The number of nitrogens with zero attached hydrogens (tertiary/aromatic N) is 1. The first-order valence-corrected chi connectivity index (χ1v) is 5.97. The number of nitriles is 1. The lowest BCUT2D eigenvalue weighted by Crippen LogP contribution is -1.99. The predicted octanol–water partition coefficient (Wildman–Crippen LogP) is 3.01. The van der Waals surface area contributed by atoms with Gasteiger partial charge in [0.2, 0.25) is 6.79 Å². The molecule has 4 nitrogen and oxygen atoms in total. The summed E-state index contributed by atoms with van der Waals surface area (Å²) in [5, 5.41) is 8.80. The van der Waals surface area contributed by atoms with Crippen LogP contribution < -0.4 is 14.2 Å². The molecular weight excluding hydrogens is 261 g/mol. The van der Waals surface area contributed by atoms with E-state index in [0.29, 0.717) is 28.4 Å². The number of fused-ring (bicyclic) bond motifs is 1. The van der Waals surface area contributed by atoms with Gasteiger partial charge in [0.25, 0.3) is 0 Å². The number of halogens is 1. The van der Waals surface area contributed by atoms with E-state index in [9.17, 15) is 4.39 Å². The molecule has 0 unspecified atom stereocenters. The van der Waals surface area contributed by atoms with Crippen LogP contribution in [0.5, 0.6) is 17.2 Å². The minimum absolute atomic E-state index is 0.0427. The highest BCUT2D eigenvalue weighted by atomic mass is 19.1. The fraction of sp³-hybridized carbons (Fsp3) is 0.133. The van der Waals surface area contributed by atoms with Crippen LogP contribution in [0.15, 0.2) is 36.4 Å². The minimum atomic E-state index is -0.398. The SMILES string of the molecule is N#Cc1ccc(F)c(COc2ccc3c(c2)OCO3)c1. The third-order valence-electron chi connectivity index (χ3n) is 2.91. The molecule has 1 aliphatic rings. The van der Waals surface area contributed by atoms with Crippen LogP contribution in [-0.2, 0) is 6.61 Å². The van der Waals surface area contributed by atoms with E-state index in [1.165, 1.54) is 18.2 Å². The lowest BCUT2D eigenvalue weighted by atomic mass is 10.1. The maximum atomic E-state index is 13.6. The van der Waals surface area contributed by atoms with E-state index >= 15 is 0 Å².